The molecule has 2 aromatic carbocycles. The van der Waals surface area contributed by atoms with Crippen LogP contribution in [0, 0.1) is 0 Å². The van der Waals surface area contributed by atoms with Crippen LogP contribution in [-0.4, -0.2) is 10.3 Å². The first-order valence-corrected chi connectivity index (χ1v) is 6.82. The van der Waals surface area contributed by atoms with Crippen LogP contribution in [0.25, 0.3) is 11.1 Å². The van der Waals surface area contributed by atoms with Gasteiger partial charge in [0.2, 0.25) is 0 Å². The third-order valence-electron chi connectivity index (χ3n) is 3.20. The van der Waals surface area contributed by atoms with Crippen molar-refractivity contribution in [3.05, 3.63) is 77.9 Å². The average molecular weight is 299 g/mol. The molecule has 0 aliphatic carbocycles. The van der Waals surface area contributed by atoms with E-state index in [0.29, 0.717) is 5.56 Å². The predicted molar refractivity (Wildman–Crippen MR) is 87.4 cm³/mol. The van der Waals surface area contributed by atoms with Gasteiger partial charge < -0.3 is 5.11 Å². The van der Waals surface area contributed by atoms with E-state index >= 15 is 0 Å². The van der Waals surface area contributed by atoms with Gasteiger partial charge in [-0.05, 0) is 65.1 Å². The molecule has 0 aliphatic heterocycles. The number of halogens is 1. The summed E-state index contributed by atoms with van der Waals surface area (Å²) < 4.78 is 0. The van der Waals surface area contributed by atoms with Gasteiger partial charge in [-0.1, -0.05) is 36.9 Å². The van der Waals surface area contributed by atoms with Gasteiger partial charge in [-0.15, -0.1) is 0 Å². The molecule has 0 amide bonds. The number of carbonyl (C=O) groups excluding carboxylic acids is 1. The topological polar surface area (TPSA) is 37.3 Å². The van der Waals surface area contributed by atoms with Crippen molar-refractivity contribution < 1.29 is 9.90 Å². The first kappa shape index (κ1) is 15.1. The Morgan fingerprint density at radius 2 is 1.48 bits per heavy atom. The number of hydrogen-bond acceptors (Lipinski definition) is 2. The van der Waals surface area contributed by atoms with E-state index in [4.69, 9.17) is 11.6 Å². The van der Waals surface area contributed by atoms with Crippen molar-refractivity contribution in [1.82, 2.24) is 0 Å². The SMILES string of the molecule is C=C(/C=C(\C)c1ccc(O)cc1)c1ccc(C(=O)Cl)cc1. The molecule has 0 aliphatic rings. The van der Waals surface area contributed by atoms with Gasteiger partial charge in [0.15, 0.2) is 0 Å². The lowest BCUT2D eigenvalue weighted by Gasteiger charge is -2.05. The lowest BCUT2D eigenvalue weighted by molar-refractivity contribution is 0.108. The molecular weight excluding hydrogens is 284 g/mol. The van der Waals surface area contributed by atoms with E-state index in [1.165, 1.54) is 0 Å². The van der Waals surface area contributed by atoms with E-state index in [1.54, 1.807) is 24.3 Å². The Hall–Kier alpha value is -2.32. The minimum atomic E-state index is -0.469. The maximum atomic E-state index is 11.0. The normalized spacial score (nSPS) is 11.2. The molecule has 2 rings (SSSR count). The summed E-state index contributed by atoms with van der Waals surface area (Å²) in [6.45, 7) is 6.02. The molecule has 0 atom stereocenters. The first-order valence-electron chi connectivity index (χ1n) is 6.44. The second-order valence-corrected chi connectivity index (χ2v) is 5.09. The van der Waals surface area contributed by atoms with Gasteiger partial charge in [0.25, 0.3) is 5.24 Å². The number of carbonyl (C=O) groups is 1. The van der Waals surface area contributed by atoms with E-state index in [1.807, 2.05) is 37.3 Å². The Bertz CT molecular complexity index is 695. The maximum absolute atomic E-state index is 11.0. The molecule has 2 aromatic rings. The lowest BCUT2D eigenvalue weighted by Crippen LogP contribution is -1.89. The van der Waals surface area contributed by atoms with Crippen LogP contribution >= 0.6 is 11.6 Å². The van der Waals surface area contributed by atoms with Gasteiger partial charge >= 0.3 is 0 Å². The molecule has 0 radical (unpaired) electrons. The summed E-state index contributed by atoms with van der Waals surface area (Å²) in [6.07, 6.45) is 1.96. The fourth-order valence-corrected chi connectivity index (χ4v) is 2.09. The zero-order chi connectivity index (χ0) is 15.4. The monoisotopic (exact) mass is 298 g/mol. The second-order valence-electron chi connectivity index (χ2n) is 4.75. The van der Waals surface area contributed by atoms with Crippen LogP contribution in [0.15, 0.2) is 61.2 Å². The molecule has 2 nitrogen and oxygen atoms in total. The maximum Gasteiger partial charge on any atom is 0.252 e. The van der Waals surface area contributed by atoms with E-state index in [9.17, 15) is 9.90 Å². The summed E-state index contributed by atoms with van der Waals surface area (Å²) >= 11 is 5.42. The number of allylic oxidation sites excluding steroid dienone is 3. The highest BCUT2D eigenvalue weighted by atomic mass is 35.5. The summed E-state index contributed by atoms with van der Waals surface area (Å²) in [4.78, 5) is 11.0. The van der Waals surface area contributed by atoms with Crippen LogP contribution in [-0.2, 0) is 0 Å². The number of aromatic hydroxyl groups is 1. The van der Waals surface area contributed by atoms with Crippen molar-refractivity contribution in [2.75, 3.05) is 0 Å². The Morgan fingerprint density at radius 3 is 2.00 bits per heavy atom. The summed E-state index contributed by atoms with van der Waals surface area (Å²) in [5.41, 5.74) is 4.29. The number of rotatable bonds is 4. The number of benzene rings is 2. The average Bonchev–Trinajstić information content (AvgIpc) is 2.47. The van der Waals surface area contributed by atoms with Gasteiger partial charge in [0.05, 0.1) is 0 Å². The zero-order valence-corrected chi connectivity index (χ0v) is 12.4. The van der Waals surface area contributed by atoms with E-state index in [2.05, 4.69) is 6.58 Å². The van der Waals surface area contributed by atoms with Crippen molar-refractivity contribution in [2.45, 2.75) is 6.92 Å². The highest BCUT2D eigenvalue weighted by molar-refractivity contribution is 6.67. The van der Waals surface area contributed by atoms with Gasteiger partial charge in [-0.3, -0.25) is 4.79 Å². The second kappa shape index (κ2) is 6.42. The molecular formula is C18H15ClO2. The molecule has 21 heavy (non-hydrogen) atoms. The Morgan fingerprint density at radius 1 is 1.00 bits per heavy atom. The van der Waals surface area contributed by atoms with Crippen molar-refractivity contribution in [3.8, 4) is 5.75 Å². The summed E-state index contributed by atoms with van der Waals surface area (Å²) in [6, 6.07) is 14.0. The van der Waals surface area contributed by atoms with Gasteiger partial charge in [0.1, 0.15) is 5.75 Å². The smallest absolute Gasteiger partial charge is 0.252 e. The third-order valence-corrected chi connectivity index (χ3v) is 3.41. The minimum Gasteiger partial charge on any atom is -0.508 e. The lowest BCUT2D eigenvalue weighted by atomic mass is 10.0. The highest BCUT2D eigenvalue weighted by Crippen LogP contribution is 2.23. The molecule has 1 N–H and O–H groups in total. The van der Waals surface area contributed by atoms with Crippen molar-refractivity contribution in [1.29, 1.82) is 0 Å². The number of phenols is 1. The minimum absolute atomic E-state index is 0.242. The van der Waals surface area contributed by atoms with Crippen LogP contribution in [0.1, 0.15) is 28.4 Å². The van der Waals surface area contributed by atoms with Gasteiger partial charge in [-0.2, -0.15) is 0 Å². The molecule has 0 bridgehead atoms. The van der Waals surface area contributed by atoms with E-state index in [-0.39, 0.29) is 5.75 Å². The molecule has 106 valence electrons. The number of phenolic OH excluding ortho intramolecular Hbond substituents is 1. The van der Waals surface area contributed by atoms with Gasteiger partial charge in [-0.25, -0.2) is 0 Å². The Kier molecular flexibility index (Phi) is 4.61. The highest BCUT2D eigenvalue weighted by Gasteiger charge is 2.03. The van der Waals surface area contributed by atoms with Crippen molar-refractivity contribution in [3.63, 3.8) is 0 Å². The molecule has 0 unspecified atom stereocenters. The molecule has 0 saturated carbocycles. The van der Waals surface area contributed by atoms with Crippen molar-refractivity contribution >= 4 is 28.0 Å². The Balaban J connectivity index is 2.21. The molecule has 0 fully saturated rings. The molecule has 3 heteroatoms. The molecule has 0 aromatic heterocycles. The third kappa shape index (κ3) is 3.83. The Labute approximate surface area is 129 Å². The standard InChI is InChI=1S/C18H15ClO2/c1-12(14-3-5-16(6-4-14)18(19)21)11-13(2)15-7-9-17(20)10-8-15/h3-11,20H,1H2,2H3/b13-11+. The number of hydrogen-bond donors (Lipinski definition) is 1. The van der Waals surface area contributed by atoms with Crippen LogP contribution in [0.5, 0.6) is 5.75 Å². The van der Waals surface area contributed by atoms with Crippen LogP contribution in [0.3, 0.4) is 0 Å². The van der Waals surface area contributed by atoms with Crippen LogP contribution in [0.4, 0.5) is 0 Å². The molecule has 0 saturated heterocycles. The largest absolute Gasteiger partial charge is 0.508 e. The van der Waals surface area contributed by atoms with Crippen LogP contribution in [0.2, 0.25) is 0 Å². The summed E-state index contributed by atoms with van der Waals surface area (Å²) in [5, 5.41) is 8.82. The van der Waals surface area contributed by atoms with E-state index in [0.717, 1.165) is 22.3 Å². The zero-order valence-electron chi connectivity index (χ0n) is 11.6. The summed E-state index contributed by atoms with van der Waals surface area (Å²) in [7, 11) is 0. The first-order chi connectivity index (χ1) is 9.97. The van der Waals surface area contributed by atoms with E-state index < -0.39 is 5.24 Å². The summed E-state index contributed by atoms with van der Waals surface area (Å²) in [5.74, 6) is 0.242. The fraction of sp³-hybridized carbons (Fsp3) is 0.0556. The molecule has 0 spiro atoms. The van der Waals surface area contributed by atoms with Gasteiger partial charge in [0, 0.05) is 5.56 Å². The quantitative estimate of drug-likeness (QED) is 0.644. The predicted octanol–water partition coefficient (Wildman–Crippen LogP) is 4.89. The van der Waals surface area contributed by atoms with Crippen molar-refractivity contribution in [2.24, 2.45) is 0 Å². The van der Waals surface area contributed by atoms with Crippen LogP contribution < -0.4 is 0 Å². The fourth-order valence-electron chi connectivity index (χ4n) is 1.97. The molecule has 0 heterocycles.